The Balaban J connectivity index is 2.44. The summed E-state index contributed by atoms with van der Waals surface area (Å²) in [5.74, 6) is -1.11. The maximum Gasteiger partial charge on any atom is 0.312 e. The molecule has 1 aliphatic carbocycles. The lowest BCUT2D eigenvalue weighted by Gasteiger charge is -2.48. The summed E-state index contributed by atoms with van der Waals surface area (Å²) >= 11 is 0. The monoisotopic (exact) mass is 380 g/mol. The highest BCUT2D eigenvalue weighted by molar-refractivity contribution is 7.85. The van der Waals surface area contributed by atoms with Crippen molar-refractivity contribution in [3.63, 3.8) is 0 Å². The van der Waals surface area contributed by atoms with Crippen LogP contribution in [0.2, 0.25) is 0 Å². The molecule has 1 saturated carbocycles. The van der Waals surface area contributed by atoms with E-state index in [1.165, 1.54) is 0 Å². The van der Waals surface area contributed by atoms with E-state index in [0.29, 0.717) is 17.7 Å². The van der Waals surface area contributed by atoms with E-state index in [2.05, 4.69) is 0 Å². The van der Waals surface area contributed by atoms with Crippen LogP contribution in [0, 0.1) is 18.3 Å². The van der Waals surface area contributed by atoms with Gasteiger partial charge in [0.15, 0.2) is 0 Å². The van der Waals surface area contributed by atoms with Gasteiger partial charge in [-0.05, 0) is 44.2 Å². The zero-order chi connectivity index (χ0) is 19.5. The van der Waals surface area contributed by atoms with E-state index in [9.17, 15) is 14.1 Å². The van der Waals surface area contributed by atoms with Crippen molar-refractivity contribution in [2.45, 2.75) is 76.0 Å². The Hall–Kier alpha value is -1.20. The maximum absolute atomic E-state index is 13.3. The third-order valence-electron chi connectivity index (χ3n) is 5.25. The van der Waals surface area contributed by atoms with Crippen molar-refractivity contribution in [3.8, 4) is 0 Å². The second-order valence-electron chi connectivity index (χ2n) is 8.39. The van der Waals surface area contributed by atoms with Gasteiger partial charge in [0.25, 0.3) is 0 Å². The summed E-state index contributed by atoms with van der Waals surface area (Å²) in [5, 5.41) is 11.2. The third-order valence-corrected chi connectivity index (χ3v) is 7.15. The fraction of sp³-hybridized carbons (Fsp3) is 0.667. The number of hydrogen-bond donors (Lipinski definition) is 1. The van der Waals surface area contributed by atoms with Gasteiger partial charge in [-0.25, -0.2) is 0 Å². The summed E-state index contributed by atoms with van der Waals surface area (Å²) in [6.07, 6.45) is 2.84. The van der Waals surface area contributed by atoms with E-state index in [0.717, 1.165) is 18.4 Å². The van der Waals surface area contributed by atoms with Crippen LogP contribution in [-0.4, -0.2) is 32.7 Å². The fourth-order valence-corrected chi connectivity index (χ4v) is 5.88. The van der Waals surface area contributed by atoms with Crippen molar-refractivity contribution in [2.24, 2.45) is 11.3 Å². The van der Waals surface area contributed by atoms with Crippen LogP contribution in [0.5, 0.6) is 0 Å². The third kappa shape index (κ3) is 4.37. The minimum absolute atomic E-state index is 0.271. The van der Waals surface area contributed by atoms with Crippen LogP contribution in [0.3, 0.4) is 0 Å². The molecule has 5 heteroatoms. The molecule has 0 aromatic heterocycles. The number of hydrogen-bond acceptors (Lipinski definition) is 4. The molecule has 0 aliphatic heterocycles. The zero-order valence-corrected chi connectivity index (χ0v) is 17.4. The largest absolute Gasteiger partial charge is 0.466 e. The van der Waals surface area contributed by atoms with E-state index >= 15 is 0 Å². The van der Waals surface area contributed by atoms with Gasteiger partial charge in [-0.2, -0.15) is 0 Å². The van der Waals surface area contributed by atoms with Crippen molar-refractivity contribution in [1.29, 1.82) is 0 Å². The van der Waals surface area contributed by atoms with E-state index in [-0.39, 0.29) is 6.61 Å². The van der Waals surface area contributed by atoms with Gasteiger partial charge in [-0.15, -0.1) is 0 Å². The average molecular weight is 381 g/mol. The van der Waals surface area contributed by atoms with Crippen LogP contribution in [0.4, 0.5) is 0 Å². The number of carbonyl (C=O) groups excluding carboxylic acids is 1. The molecule has 4 nitrogen and oxygen atoms in total. The molecule has 0 radical (unpaired) electrons. The molecule has 1 fully saturated rings. The number of aliphatic hydroxyl groups is 1. The Morgan fingerprint density at radius 2 is 1.92 bits per heavy atom. The molecule has 0 heterocycles. The van der Waals surface area contributed by atoms with Gasteiger partial charge in [0.1, 0.15) is 0 Å². The smallest absolute Gasteiger partial charge is 0.312 e. The number of ether oxygens (including phenoxy) is 1. The summed E-state index contributed by atoms with van der Waals surface area (Å²) in [5.41, 5.74) is -0.726. The van der Waals surface area contributed by atoms with Gasteiger partial charge in [-0.3, -0.25) is 9.00 Å². The van der Waals surface area contributed by atoms with Gasteiger partial charge in [-0.1, -0.05) is 51.3 Å². The minimum atomic E-state index is -1.38. The predicted molar refractivity (Wildman–Crippen MR) is 104 cm³/mol. The Kier molecular flexibility index (Phi) is 6.67. The normalized spacial score (nSPS) is 26.2. The molecule has 0 unspecified atom stereocenters. The first-order valence-electron chi connectivity index (χ1n) is 9.47. The predicted octanol–water partition coefficient (Wildman–Crippen LogP) is 4.00. The SMILES string of the molecule is CCOC(=O)[C@H](C(C)(C)C)[C@@]1(O)CCCC[C@@H]1[S@@](=O)c1ccc(C)cc1. The molecule has 2 rings (SSSR count). The zero-order valence-electron chi connectivity index (χ0n) is 16.6. The summed E-state index contributed by atoms with van der Waals surface area (Å²) in [7, 11) is -1.38. The summed E-state index contributed by atoms with van der Waals surface area (Å²) in [6, 6.07) is 7.58. The lowest BCUT2D eigenvalue weighted by Crippen LogP contribution is -2.59. The van der Waals surface area contributed by atoms with Crippen LogP contribution in [0.1, 0.15) is 58.9 Å². The van der Waals surface area contributed by atoms with Crippen LogP contribution in [0.25, 0.3) is 0 Å². The van der Waals surface area contributed by atoms with Crippen molar-refractivity contribution in [2.75, 3.05) is 6.61 Å². The molecule has 1 aliphatic rings. The molecule has 1 aromatic rings. The summed E-state index contributed by atoms with van der Waals surface area (Å²) in [4.78, 5) is 13.5. The molecule has 0 saturated heterocycles. The Bertz CT molecular complexity index is 647. The molecule has 0 bridgehead atoms. The van der Waals surface area contributed by atoms with Crippen LogP contribution >= 0.6 is 0 Å². The molecule has 0 amide bonds. The lowest BCUT2D eigenvalue weighted by molar-refractivity contribution is -0.170. The van der Waals surface area contributed by atoms with E-state index < -0.39 is 39.0 Å². The first kappa shape index (κ1) is 21.1. The molecule has 1 N–H and O–H groups in total. The van der Waals surface area contributed by atoms with Gasteiger partial charge < -0.3 is 9.84 Å². The number of benzene rings is 1. The van der Waals surface area contributed by atoms with E-state index in [1.54, 1.807) is 6.92 Å². The van der Waals surface area contributed by atoms with Crippen LogP contribution < -0.4 is 0 Å². The lowest BCUT2D eigenvalue weighted by atomic mass is 9.65. The topological polar surface area (TPSA) is 63.6 Å². The second-order valence-corrected chi connectivity index (χ2v) is 10.0. The Labute approximate surface area is 159 Å². The number of esters is 1. The van der Waals surface area contributed by atoms with Crippen LogP contribution in [0.15, 0.2) is 29.2 Å². The molecule has 1 aromatic carbocycles. The first-order chi connectivity index (χ1) is 12.1. The summed E-state index contributed by atoms with van der Waals surface area (Å²) in [6.45, 7) is 9.84. The second kappa shape index (κ2) is 8.22. The Morgan fingerprint density at radius 3 is 2.46 bits per heavy atom. The van der Waals surface area contributed by atoms with E-state index in [4.69, 9.17) is 4.74 Å². The number of aryl methyl sites for hydroxylation is 1. The molecule has 0 spiro atoms. The molecule has 4 atom stereocenters. The van der Waals surface area contributed by atoms with Gasteiger partial charge in [0.2, 0.25) is 0 Å². The quantitative estimate of drug-likeness (QED) is 0.784. The van der Waals surface area contributed by atoms with Crippen molar-refractivity contribution < 1.29 is 18.8 Å². The highest BCUT2D eigenvalue weighted by Crippen LogP contribution is 2.46. The highest BCUT2D eigenvalue weighted by atomic mass is 32.2. The van der Waals surface area contributed by atoms with Crippen molar-refractivity contribution in [3.05, 3.63) is 29.8 Å². The number of rotatable bonds is 5. The highest BCUT2D eigenvalue weighted by Gasteiger charge is 2.55. The Morgan fingerprint density at radius 1 is 1.31 bits per heavy atom. The van der Waals surface area contributed by atoms with Gasteiger partial charge in [0, 0.05) is 4.90 Å². The fourth-order valence-electron chi connectivity index (χ4n) is 4.14. The average Bonchev–Trinajstić information content (AvgIpc) is 2.54. The molecular weight excluding hydrogens is 348 g/mol. The summed E-state index contributed by atoms with van der Waals surface area (Å²) < 4.78 is 18.6. The number of carbonyl (C=O) groups is 1. The standard InChI is InChI=1S/C21H32O4S/c1-6-25-19(22)18(20(3,4)5)21(23)14-8-7-9-17(21)26(24)16-12-10-15(2)11-13-16/h10-13,17-18,23H,6-9,14H2,1-5H3/t17-,18+,21+,26-/m0/s1. The maximum atomic E-state index is 13.3. The van der Waals surface area contributed by atoms with Gasteiger partial charge >= 0.3 is 5.97 Å². The molecule has 26 heavy (non-hydrogen) atoms. The van der Waals surface area contributed by atoms with Crippen molar-refractivity contribution in [1.82, 2.24) is 0 Å². The van der Waals surface area contributed by atoms with Gasteiger partial charge in [0.05, 0.1) is 34.2 Å². The van der Waals surface area contributed by atoms with Crippen molar-refractivity contribution >= 4 is 16.8 Å². The van der Waals surface area contributed by atoms with E-state index in [1.807, 2.05) is 52.0 Å². The van der Waals surface area contributed by atoms with Crippen LogP contribution in [-0.2, 0) is 20.3 Å². The molecule has 146 valence electrons. The first-order valence-corrected chi connectivity index (χ1v) is 10.7. The minimum Gasteiger partial charge on any atom is -0.466 e. The molecular formula is C21H32O4S.